The fraction of sp³-hybridized carbons (Fsp3) is 0.250. The number of nitrogens with zero attached hydrogens (tertiary/aromatic N) is 1. The van der Waals surface area contributed by atoms with Crippen molar-refractivity contribution in [2.24, 2.45) is 0 Å². The van der Waals surface area contributed by atoms with Crippen molar-refractivity contribution in [3.63, 3.8) is 0 Å². The van der Waals surface area contributed by atoms with Gasteiger partial charge in [-0.1, -0.05) is 24.3 Å². The zero-order chi connectivity index (χ0) is 19.3. The normalized spacial score (nSPS) is 15.8. The second-order valence-electron chi connectivity index (χ2n) is 6.08. The maximum Gasteiger partial charge on any atom is 0.248 e. The number of carbonyl (C=O) groups is 1. The van der Waals surface area contributed by atoms with E-state index >= 15 is 0 Å². The predicted molar refractivity (Wildman–Crippen MR) is 107 cm³/mol. The quantitative estimate of drug-likeness (QED) is 0.773. The first-order valence-corrected chi connectivity index (χ1v) is 10.4. The van der Waals surface area contributed by atoms with E-state index in [0.717, 1.165) is 5.56 Å². The third-order valence-electron chi connectivity index (χ3n) is 4.15. The highest BCUT2D eigenvalue weighted by Crippen LogP contribution is 2.25. The van der Waals surface area contributed by atoms with Crippen LogP contribution in [0.2, 0.25) is 0 Å². The summed E-state index contributed by atoms with van der Waals surface area (Å²) in [6, 6.07) is 14.3. The molecular weight excluding hydrogens is 364 g/mol. The minimum atomic E-state index is -3.18. The summed E-state index contributed by atoms with van der Waals surface area (Å²) in [6.07, 6.45) is 3.76. The molecule has 27 heavy (non-hydrogen) atoms. The van der Waals surface area contributed by atoms with Crippen LogP contribution in [-0.2, 0) is 14.8 Å². The Bertz CT molecular complexity index is 937. The fourth-order valence-electron chi connectivity index (χ4n) is 2.88. The highest BCUT2D eigenvalue weighted by atomic mass is 32.2. The lowest BCUT2D eigenvalue weighted by atomic mass is 10.2. The summed E-state index contributed by atoms with van der Waals surface area (Å²) in [5, 5.41) is 2.79. The Labute approximate surface area is 159 Å². The van der Waals surface area contributed by atoms with Gasteiger partial charge in [0.15, 0.2) is 0 Å². The molecule has 2 aromatic carbocycles. The van der Waals surface area contributed by atoms with Gasteiger partial charge < -0.3 is 10.1 Å². The Kier molecular flexibility index (Phi) is 5.81. The van der Waals surface area contributed by atoms with Gasteiger partial charge in [-0.15, -0.1) is 0 Å². The fourth-order valence-corrected chi connectivity index (χ4v) is 4.44. The van der Waals surface area contributed by atoms with Gasteiger partial charge in [-0.25, -0.2) is 8.42 Å². The number of hydrogen-bond donors (Lipinski definition) is 1. The van der Waals surface area contributed by atoms with E-state index < -0.39 is 10.0 Å². The molecule has 2 aromatic rings. The average molecular weight is 386 g/mol. The molecule has 0 spiro atoms. The molecule has 0 atom stereocenters. The van der Waals surface area contributed by atoms with Crippen molar-refractivity contribution in [2.45, 2.75) is 13.3 Å². The van der Waals surface area contributed by atoms with E-state index in [1.807, 2.05) is 19.1 Å². The van der Waals surface area contributed by atoms with Gasteiger partial charge in [0.2, 0.25) is 15.9 Å². The summed E-state index contributed by atoms with van der Waals surface area (Å²) in [6.45, 7) is 2.91. The van der Waals surface area contributed by atoms with Crippen LogP contribution in [0.5, 0.6) is 5.75 Å². The van der Waals surface area contributed by atoms with Gasteiger partial charge in [-0.2, -0.15) is 0 Å². The number of hydrogen-bond acceptors (Lipinski definition) is 4. The van der Waals surface area contributed by atoms with Gasteiger partial charge in [0.25, 0.3) is 0 Å². The van der Waals surface area contributed by atoms with Crippen LogP contribution in [0.3, 0.4) is 0 Å². The standard InChI is InChI=1S/C20H22N2O4S/c1-2-26-19-7-4-3-6-18(19)21-20(23)13-10-16-8-11-17(12-9-16)22-14-5-15-27(22,24)25/h3-4,6-13H,2,5,14-15H2,1H3,(H,21,23)/b13-10+. The molecule has 1 saturated heterocycles. The van der Waals surface area contributed by atoms with Gasteiger partial charge in [0, 0.05) is 12.6 Å². The molecule has 1 aliphatic heterocycles. The molecule has 1 amide bonds. The Morgan fingerprint density at radius 2 is 1.93 bits per heavy atom. The summed E-state index contributed by atoms with van der Waals surface area (Å²) in [5.41, 5.74) is 2.08. The van der Waals surface area contributed by atoms with E-state index in [9.17, 15) is 13.2 Å². The number of carbonyl (C=O) groups excluding carboxylic acids is 1. The summed E-state index contributed by atoms with van der Waals surface area (Å²) in [4.78, 5) is 12.2. The maximum absolute atomic E-state index is 12.2. The van der Waals surface area contributed by atoms with E-state index in [1.54, 1.807) is 42.5 Å². The zero-order valence-corrected chi connectivity index (χ0v) is 15.9. The molecular formula is C20H22N2O4S. The molecule has 6 nitrogen and oxygen atoms in total. The van der Waals surface area contributed by atoms with Crippen LogP contribution in [0.1, 0.15) is 18.9 Å². The molecule has 1 fully saturated rings. The molecule has 0 aromatic heterocycles. The first-order valence-electron chi connectivity index (χ1n) is 8.81. The Morgan fingerprint density at radius 3 is 2.59 bits per heavy atom. The molecule has 1 aliphatic rings. The summed E-state index contributed by atoms with van der Waals surface area (Å²) in [7, 11) is -3.18. The van der Waals surface area contributed by atoms with Gasteiger partial charge in [-0.05, 0) is 49.2 Å². The van der Waals surface area contributed by atoms with E-state index in [-0.39, 0.29) is 11.7 Å². The molecule has 0 saturated carbocycles. The largest absolute Gasteiger partial charge is 0.492 e. The molecule has 1 N–H and O–H groups in total. The van der Waals surface area contributed by atoms with Crippen LogP contribution in [0, 0.1) is 0 Å². The SMILES string of the molecule is CCOc1ccccc1NC(=O)/C=C/c1ccc(N2CCCS2(=O)=O)cc1. The summed E-state index contributed by atoms with van der Waals surface area (Å²) >= 11 is 0. The lowest BCUT2D eigenvalue weighted by Gasteiger charge is -2.16. The van der Waals surface area contributed by atoms with Gasteiger partial charge in [-0.3, -0.25) is 9.10 Å². The minimum absolute atomic E-state index is 0.193. The lowest BCUT2D eigenvalue weighted by molar-refractivity contribution is -0.111. The van der Waals surface area contributed by atoms with Gasteiger partial charge >= 0.3 is 0 Å². The Balaban J connectivity index is 1.65. The molecule has 0 unspecified atom stereocenters. The number of anilines is 2. The van der Waals surface area contributed by atoms with Crippen LogP contribution in [0.4, 0.5) is 11.4 Å². The van der Waals surface area contributed by atoms with Crippen LogP contribution in [-0.4, -0.2) is 33.2 Å². The molecule has 1 heterocycles. The minimum Gasteiger partial charge on any atom is -0.492 e. The van der Waals surface area contributed by atoms with Crippen molar-refractivity contribution < 1.29 is 17.9 Å². The number of ether oxygens (including phenoxy) is 1. The van der Waals surface area contributed by atoms with Crippen molar-refractivity contribution in [1.82, 2.24) is 0 Å². The number of sulfonamides is 1. The molecule has 0 aliphatic carbocycles. The lowest BCUT2D eigenvalue weighted by Crippen LogP contribution is -2.24. The Hall–Kier alpha value is -2.80. The van der Waals surface area contributed by atoms with Crippen LogP contribution >= 0.6 is 0 Å². The molecule has 7 heteroatoms. The van der Waals surface area contributed by atoms with E-state index in [4.69, 9.17) is 4.74 Å². The average Bonchev–Trinajstić information content (AvgIpc) is 3.01. The van der Waals surface area contributed by atoms with E-state index in [1.165, 1.54) is 10.4 Å². The second kappa shape index (κ2) is 8.26. The van der Waals surface area contributed by atoms with Crippen molar-refractivity contribution >= 4 is 33.4 Å². The van der Waals surface area contributed by atoms with Crippen molar-refractivity contribution in [3.05, 3.63) is 60.2 Å². The van der Waals surface area contributed by atoms with Crippen LogP contribution in [0.25, 0.3) is 6.08 Å². The zero-order valence-electron chi connectivity index (χ0n) is 15.1. The number of nitrogens with one attached hydrogen (secondary N) is 1. The number of rotatable bonds is 6. The number of para-hydroxylation sites is 2. The van der Waals surface area contributed by atoms with Crippen molar-refractivity contribution in [1.29, 1.82) is 0 Å². The molecule has 0 bridgehead atoms. The highest BCUT2D eigenvalue weighted by Gasteiger charge is 2.28. The third kappa shape index (κ3) is 4.68. The van der Waals surface area contributed by atoms with Crippen molar-refractivity contribution in [3.8, 4) is 5.75 Å². The monoisotopic (exact) mass is 386 g/mol. The van der Waals surface area contributed by atoms with Crippen LogP contribution in [0.15, 0.2) is 54.6 Å². The summed E-state index contributed by atoms with van der Waals surface area (Å²) in [5.74, 6) is 0.546. The summed E-state index contributed by atoms with van der Waals surface area (Å²) < 4.78 is 30.8. The first kappa shape index (κ1) is 19.0. The molecule has 142 valence electrons. The van der Waals surface area contributed by atoms with Gasteiger partial charge in [0.05, 0.1) is 23.7 Å². The second-order valence-corrected chi connectivity index (χ2v) is 8.10. The first-order chi connectivity index (χ1) is 13.0. The topological polar surface area (TPSA) is 75.7 Å². The third-order valence-corrected chi connectivity index (χ3v) is 6.02. The van der Waals surface area contributed by atoms with E-state index in [0.29, 0.717) is 36.7 Å². The number of amides is 1. The molecule has 3 rings (SSSR count). The predicted octanol–water partition coefficient (Wildman–Crippen LogP) is 3.28. The Morgan fingerprint density at radius 1 is 1.19 bits per heavy atom. The smallest absolute Gasteiger partial charge is 0.248 e. The highest BCUT2D eigenvalue weighted by molar-refractivity contribution is 7.93. The van der Waals surface area contributed by atoms with E-state index in [2.05, 4.69) is 5.32 Å². The van der Waals surface area contributed by atoms with Crippen molar-refractivity contribution in [2.75, 3.05) is 28.5 Å². The van der Waals surface area contributed by atoms with Gasteiger partial charge in [0.1, 0.15) is 5.75 Å². The maximum atomic E-state index is 12.2. The van der Waals surface area contributed by atoms with Crippen LogP contribution < -0.4 is 14.4 Å². The molecule has 0 radical (unpaired) electrons. The number of benzene rings is 2.